The summed E-state index contributed by atoms with van der Waals surface area (Å²) in [7, 11) is 0. The van der Waals surface area contributed by atoms with Crippen LogP contribution in [0.1, 0.15) is 77.0 Å². The molecule has 0 aromatic rings. The van der Waals surface area contributed by atoms with Crippen molar-refractivity contribution in [2.75, 3.05) is 6.79 Å². The molecule has 1 saturated carbocycles. The van der Waals surface area contributed by atoms with Crippen LogP contribution in [0.5, 0.6) is 0 Å². The van der Waals surface area contributed by atoms with E-state index in [0.717, 1.165) is 0 Å². The molecule has 2 fully saturated rings. The molecule has 1 aliphatic heterocycles. The average Bonchev–Trinajstić information content (AvgIpc) is 2.78. The van der Waals surface area contributed by atoms with Gasteiger partial charge in [-0.3, -0.25) is 0 Å². The van der Waals surface area contributed by atoms with Gasteiger partial charge in [0, 0.05) is 0 Å². The van der Waals surface area contributed by atoms with Gasteiger partial charge in [-0.25, -0.2) is 0 Å². The molecule has 0 bridgehead atoms. The molecule has 0 amide bonds. The van der Waals surface area contributed by atoms with Crippen LogP contribution in [0.15, 0.2) is 0 Å². The Bertz CT molecular complexity index is 173. The summed E-state index contributed by atoms with van der Waals surface area (Å²) in [5, 5.41) is 0. The number of ether oxygens (including phenoxy) is 2. The molecule has 0 aromatic heterocycles. The topological polar surface area (TPSA) is 18.5 Å². The van der Waals surface area contributed by atoms with Crippen molar-refractivity contribution in [3.8, 4) is 0 Å². The zero-order valence-corrected chi connectivity index (χ0v) is 11.2. The lowest BCUT2D eigenvalue weighted by Gasteiger charge is -2.17. The van der Waals surface area contributed by atoms with Gasteiger partial charge in [0.15, 0.2) is 0 Å². The summed E-state index contributed by atoms with van der Waals surface area (Å²) in [5.74, 6) is 0. The second kappa shape index (κ2) is 8.10. The minimum Gasteiger partial charge on any atom is -0.349 e. The van der Waals surface area contributed by atoms with Gasteiger partial charge in [0.1, 0.15) is 6.79 Å². The first-order chi connectivity index (χ1) is 8.47. The number of hydrogen-bond acceptors (Lipinski definition) is 2. The summed E-state index contributed by atoms with van der Waals surface area (Å²) >= 11 is 0. The summed E-state index contributed by atoms with van der Waals surface area (Å²) in [6.07, 6.45) is 17.2. The normalized spacial score (nSPS) is 33.9. The molecule has 2 heteroatoms. The minimum absolute atomic E-state index is 0.401. The Labute approximate surface area is 106 Å². The van der Waals surface area contributed by atoms with Crippen LogP contribution in [-0.2, 0) is 9.47 Å². The molecule has 0 unspecified atom stereocenters. The molecule has 2 nitrogen and oxygen atoms in total. The van der Waals surface area contributed by atoms with Crippen molar-refractivity contribution in [1.82, 2.24) is 0 Å². The van der Waals surface area contributed by atoms with Crippen molar-refractivity contribution in [2.45, 2.75) is 89.3 Å². The smallest absolute Gasteiger partial charge is 0.147 e. The van der Waals surface area contributed by atoms with Crippen molar-refractivity contribution in [3.05, 3.63) is 0 Å². The van der Waals surface area contributed by atoms with Crippen LogP contribution in [0.4, 0.5) is 0 Å². The van der Waals surface area contributed by atoms with Crippen molar-refractivity contribution < 1.29 is 9.47 Å². The number of fused-ring (bicyclic) bond motifs is 1. The van der Waals surface area contributed by atoms with Crippen molar-refractivity contribution >= 4 is 0 Å². The van der Waals surface area contributed by atoms with Crippen molar-refractivity contribution in [3.63, 3.8) is 0 Å². The largest absolute Gasteiger partial charge is 0.349 e. The quantitative estimate of drug-likeness (QED) is 0.624. The van der Waals surface area contributed by atoms with Gasteiger partial charge < -0.3 is 9.47 Å². The summed E-state index contributed by atoms with van der Waals surface area (Å²) in [6.45, 7) is 0.537. The van der Waals surface area contributed by atoms with E-state index in [1.807, 2.05) is 0 Å². The molecule has 0 aromatic carbocycles. The van der Waals surface area contributed by atoms with Gasteiger partial charge >= 0.3 is 0 Å². The Balaban J connectivity index is 1.72. The predicted octanol–water partition coefficient (Wildman–Crippen LogP) is 4.42. The fourth-order valence-corrected chi connectivity index (χ4v) is 3.07. The van der Waals surface area contributed by atoms with Gasteiger partial charge in [-0.2, -0.15) is 0 Å². The van der Waals surface area contributed by atoms with E-state index < -0.39 is 0 Å². The maximum Gasteiger partial charge on any atom is 0.147 e. The van der Waals surface area contributed by atoms with Gasteiger partial charge in [0.25, 0.3) is 0 Å². The Hall–Kier alpha value is -0.0800. The summed E-state index contributed by atoms with van der Waals surface area (Å²) < 4.78 is 11.4. The molecule has 0 N–H and O–H groups in total. The Kier molecular flexibility index (Phi) is 6.36. The highest BCUT2D eigenvalue weighted by atomic mass is 16.7. The Morgan fingerprint density at radius 1 is 0.471 bits per heavy atom. The van der Waals surface area contributed by atoms with Crippen LogP contribution in [0.25, 0.3) is 0 Å². The monoisotopic (exact) mass is 240 g/mol. The average molecular weight is 240 g/mol. The van der Waals surface area contributed by atoms with E-state index in [-0.39, 0.29) is 0 Å². The lowest BCUT2D eigenvalue weighted by molar-refractivity contribution is 0.0359. The van der Waals surface area contributed by atoms with Crippen LogP contribution in [0.3, 0.4) is 0 Å². The molecule has 2 atom stereocenters. The molecule has 17 heavy (non-hydrogen) atoms. The van der Waals surface area contributed by atoms with Crippen LogP contribution in [0, 0.1) is 0 Å². The molecule has 2 rings (SSSR count). The first-order valence-electron chi connectivity index (χ1n) is 7.70. The highest BCUT2D eigenvalue weighted by molar-refractivity contribution is 4.74. The summed E-state index contributed by atoms with van der Waals surface area (Å²) in [6, 6.07) is 0. The third-order valence-corrected chi connectivity index (χ3v) is 4.21. The van der Waals surface area contributed by atoms with Gasteiger partial charge in [-0.1, -0.05) is 64.2 Å². The van der Waals surface area contributed by atoms with Gasteiger partial charge in [-0.05, 0) is 12.8 Å². The third kappa shape index (κ3) is 4.97. The zero-order valence-electron chi connectivity index (χ0n) is 11.2. The van der Waals surface area contributed by atoms with Crippen LogP contribution in [0.2, 0.25) is 0 Å². The van der Waals surface area contributed by atoms with Crippen molar-refractivity contribution in [2.24, 2.45) is 0 Å². The fraction of sp³-hybridized carbons (Fsp3) is 1.00. The van der Waals surface area contributed by atoms with E-state index in [1.54, 1.807) is 0 Å². The summed E-state index contributed by atoms with van der Waals surface area (Å²) in [4.78, 5) is 0. The molecule has 1 saturated heterocycles. The molecule has 0 spiro atoms. The number of hydrogen-bond donors (Lipinski definition) is 0. The molecule has 1 heterocycles. The first-order valence-corrected chi connectivity index (χ1v) is 7.70. The molecule has 0 radical (unpaired) electrons. The van der Waals surface area contributed by atoms with Gasteiger partial charge in [-0.15, -0.1) is 0 Å². The van der Waals surface area contributed by atoms with E-state index >= 15 is 0 Å². The zero-order chi connectivity index (χ0) is 11.8. The van der Waals surface area contributed by atoms with Crippen LogP contribution >= 0.6 is 0 Å². The summed E-state index contributed by atoms with van der Waals surface area (Å²) in [5.41, 5.74) is 0. The van der Waals surface area contributed by atoms with Gasteiger partial charge in [0.2, 0.25) is 0 Å². The fourth-order valence-electron chi connectivity index (χ4n) is 3.07. The second-order valence-electron chi connectivity index (χ2n) is 5.64. The van der Waals surface area contributed by atoms with E-state index in [2.05, 4.69) is 0 Å². The predicted molar refractivity (Wildman–Crippen MR) is 70.0 cm³/mol. The third-order valence-electron chi connectivity index (χ3n) is 4.21. The number of rotatable bonds is 0. The lowest BCUT2D eigenvalue weighted by atomic mass is 9.98. The lowest BCUT2D eigenvalue weighted by Crippen LogP contribution is -2.22. The Morgan fingerprint density at radius 3 is 1.24 bits per heavy atom. The molecule has 2 aliphatic rings. The van der Waals surface area contributed by atoms with Gasteiger partial charge in [0.05, 0.1) is 12.2 Å². The second-order valence-corrected chi connectivity index (χ2v) is 5.64. The molecule has 1 aliphatic carbocycles. The molecular formula is C15H28O2. The highest BCUT2D eigenvalue weighted by Gasteiger charge is 2.27. The molecular weight excluding hydrogens is 212 g/mol. The molecule has 100 valence electrons. The maximum atomic E-state index is 5.69. The first kappa shape index (κ1) is 13.4. The minimum atomic E-state index is 0.401. The van der Waals surface area contributed by atoms with E-state index in [1.165, 1.54) is 77.0 Å². The van der Waals surface area contributed by atoms with Crippen LogP contribution in [-0.4, -0.2) is 19.0 Å². The van der Waals surface area contributed by atoms with E-state index in [0.29, 0.717) is 19.0 Å². The standard InChI is InChI=1S/C15H28O2/c1-2-4-6-8-10-12-15-14(16-13-17-15)11-9-7-5-3-1/h14-15H,1-13H2/t14-,15+. The maximum absolute atomic E-state index is 5.69. The Morgan fingerprint density at radius 2 is 0.824 bits per heavy atom. The highest BCUT2D eigenvalue weighted by Crippen LogP contribution is 2.24. The van der Waals surface area contributed by atoms with Crippen molar-refractivity contribution in [1.29, 1.82) is 0 Å². The van der Waals surface area contributed by atoms with E-state index in [4.69, 9.17) is 9.47 Å². The SMILES string of the molecule is C1CCCCCC[C@H]2OCO[C@H]2CCCCC1. The van der Waals surface area contributed by atoms with E-state index in [9.17, 15) is 0 Å². The van der Waals surface area contributed by atoms with Crippen LogP contribution < -0.4 is 0 Å².